The van der Waals surface area contributed by atoms with E-state index in [1.165, 1.54) is 193 Å². The van der Waals surface area contributed by atoms with Gasteiger partial charge in [0.1, 0.15) is 13.2 Å². The van der Waals surface area contributed by atoms with E-state index < -0.39 is 6.10 Å². The molecule has 0 amide bonds. The molecule has 0 aliphatic rings. The highest BCUT2D eigenvalue weighted by molar-refractivity contribution is 5.71. The molecule has 0 aromatic rings. The molecule has 466 valence electrons. The minimum absolute atomic E-state index is 0.0765. The van der Waals surface area contributed by atoms with E-state index >= 15 is 0 Å². The zero-order valence-electron chi connectivity index (χ0n) is 53.5. The van der Waals surface area contributed by atoms with E-state index in [1.54, 1.807) is 0 Å². The second-order valence-electron chi connectivity index (χ2n) is 23.1. The summed E-state index contributed by atoms with van der Waals surface area (Å²) in [6.45, 7) is 6.46. The van der Waals surface area contributed by atoms with Crippen LogP contribution < -0.4 is 0 Å². The molecule has 0 bridgehead atoms. The van der Waals surface area contributed by atoms with Crippen LogP contribution in [0.15, 0.2) is 97.2 Å². The van der Waals surface area contributed by atoms with Gasteiger partial charge in [-0.1, -0.05) is 317 Å². The Kier molecular flexibility index (Phi) is 65.7. The summed E-state index contributed by atoms with van der Waals surface area (Å²) in [4.78, 5) is 38.0. The normalized spacial score (nSPS) is 12.7. The molecule has 81 heavy (non-hydrogen) atoms. The number of rotatable bonds is 63. The molecule has 1 atom stereocenters. The molecule has 0 saturated carbocycles. The first kappa shape index (κ1) is 77.3. The lowest BCUT2D eigenvalue weighted by molar-refractivity contribution is -0.167. The molecule has 0 saturated heterocycles. The fraction of sp³-hybridized carbons (Fsp3) is 0.747. The van der Waals surface area contributed by atoms with E-state index in [1.807, 2.05) is 0 Å². The molecule has 6 heteroatoms. The molecule has 0 rings (SSSR count). The Hall–Kier alpha value is -3.67. The van der Waals surface area contributed by atoms with Gasteiger partial charge in [-0.05, 0) is 103 Å². The monoisotopic (exact) mass is 1130 g/mol. The van der Waals surface area contributed by atoms with Crippen molar-refractivity contribution in [3.63, 3.8) is 0 Å². The lowest BCUT2D eigenvalue weighted by atomic mass is 10.0. The molecule has 0 aromatic carbocycles. The average molecular weight is 1130 g/mol. The zero-order valence-corrected chi connectivity index (χ0v) is 53.5. The van der Waals surface area contributed by atoms with Crippen LogP contribution in [-0.4, -0.2) is 37.2 Å². The number of unbranched alkanes of at least 4 members (excludes halogenated alkanes) is 36. The maximum atomic E-state index is 12.9. The standard InChI is InChI=1S/C75H130O6/c1-4-7-10-13-15-17-19-21-23-25-27-29-31-33-35-37-39-41-43-45-47-49-51-53-55-57-59-62-65-68-74(77)80-71-72(70-79-73(76)67-64-61-12-9-6-3)81-75(78)69-66-63-60-58-56-54-52-50-48-46-44-42-40-38-36-34-32-30-28-26-24-22-20-18-16-14-11-8-5-2/h7,10,15,17,20-23,26-29,33,35,39,41,72H,4-6,8-9,11-14,16,18-19,24-25,30-32,34,36-38,40,42-71H2,1-3H3/b10-7-,17-15-,22-20-,23-21-,28-26-,29-27-,35-33-,41-39-. The van der Waals surface area contributed by atoms with Crippen molar-refractivity contribution >= 4 is 17.9 Å². The SMILES string of the molecule is CC/C=C\C/C=C\C/C=C\C/C=C\C/C=C\C/C=C\CCCCCCCCCCCCC(=O)OCC(COC(=O)CCCCCCC)OC(=O)CCCCCCCCCCCCCCCCCCC/C=C\C/C=C\CCCCCCC. The van der Waals surface area contributed by atoms with Crippen LogP contribution in [0.25, 0.3) is 0 Å². The van der Waals surface area contributed by atoms with E-state index in [-0.39, 0.29) is 31.1 Å². The first-order valence-electron chi connectivity index (χ1n) is 34.7. The lowest BCUT2D eigenvalue weighted by Crippen LogP contribution is -2.30. The lowest BCUT2D eigenvalue weighted by Gasteiger charge is -2.18. The number of hydrogen-bond acceptors (Lipinski definition) is 6. The number of hydrogen-bond donors (Lipinski definition) is 0. The summed E-state index contributed by atoms with van der Waals surface area (Å²) in [5.74, 6) is -0.882. The van der Waals surface area contributed by atoms with E-state index in [0.29, 0.717) is 19.3 Å². The number of carbonyl (C=O) groups is 3. The summed E-state index contributed by atoms with van der Waals surface area (Å²) < 4.78 is 16.8. The molecule has 0 spiro atoms. The van der Waals surface area contributed by atoms with E-state index in [4.69, 9.17) is 14.2 Å². The third-order valence-electron chi connectivity index (χ3n) is 15.1. The number of carbonyl (C=O) groups excluding carboxylic acids is 3. The van der Waals surface area contributed by atoms with E-state index in [9.17, 15) is 14.4 Å². The maximum Gasteiger partial charge on any atom is 0.306 e. The van der Waals surface area contributed by atoms with Crippen LogP contribution in [0, 0.1) is 0 Å². The maximum absolute atomic E-state index is 12.9. The van der Waals surface area contributed by atoms with Gasteiger partial charge in [0.05, 0.1) is 0 Å². The number of esters is 3. The molecule has 6 nitrogen and oxygen atoms in total. The Bertz CT molecular complexity index is 1580. The van der Waals surface area contributed by atoms with Crippen LogP contribution in [0.4, 0.5) is 0 Å². The number of ether oxygens (including phenoxy) is 3. The highest BCUT2D eigenvalue weighted by Crippen LogP contribution is 2.17. The predicted molar refractivity (Wildman–Crippen MR) is 353 cm³/mol. The van der Waals surface area contributed by atoms with Crippen LogP contribution in [0.3, 0.4) is 0 Å². The topological polar surface area (TPSA) is 78.9 Å². The molecule has 0 fully saturated rings. The minimum Gasteiger partial charge on any atom is -0.462 e. The Morgan fingerprint density at radius 3 is 0.753 bits per heavy atom. The summed E-state index contributed by atoms with van der Waals surface area (Å²) in [7, 11) is 0. The number of allylic oxidation sites excluding steroid dienone is 16. The largest absolute Gasteiger partial charge is 0.462 e. The van der Waals surface area contributed by atoms with Gasteiger partial charge in [-0.2, -0.15) is 0 Å². The zero-order chi connectivity index (χ0) is 58.5. The summed E-state index contributed by atoms with van der Waals surface area (Å²) in [5, 5.41) is 0. The molecule has 1 unspecified atom stereocenters. The van der Waals surface area contributed by atoms with Gasteiger partial charge in [-0.3, -0.25) is 14.4 Å². The fourth-order valence-electron chi connectivity index (χ4n) is 9.89. The van der Waals surface area contributed by atoms with Crippen molar-refractivity contribution in [1.29, 1.82) is 0 Å². The van der Waals surface area contributed by atoms with Gasteiger partial charge < -0.3 is 14.2 Å². The third kappa shape index (κ3) is 67.0. The Labute approximate surface area is 502 Å². The van der Waals surface area contributed by atoms with Crippen LogP contribution in [0.5, 0.6) is 0 Å². The summed E-state index contributed by atoms with van der Waals surface area (Å²) in [5.41, 5.74) is 0. The van der Waals surface area contributed by atoms with Crippen molar-refractivity contribution in [3.8, 4) is 0 Å². The molecule has 0 aromatic heterocycles. The van der Waals surface area contributed by atoms with Gasteiger partial charge in [0.25, 0.3) is 0 Å². The van der Waals surface area contributed by atoms with Crippen molar-refractivity contribution in [3.05, 3.63) is 97.2 Å². The van der Waals surface area contributed by atoms with E-state index in [0.717, 1.165) is 109 Å². The Morgan fingerprint density at radius 1 is 0.259 bits per heavy atom. The molecular formula is C75H130O6. The summed E-state index contributed by atoms with van der Waals surface area (Å²) in [6, 6.07) is 0. The molecule has 0 aliphatic heterocycles. The third-order valence-corrected chi connectivity index (χ3v) is 15.1. The van der Waals surface area contributed by atoms with Crippen LogP contribution in [0.1, 0.15) is 342 Å². The second kappa shape index (κ2) is 68.8. The first-order valence-corrected chi connectivity index (χ1v) is 34.7. The predicted octanol–water partition coefficient (Wildman–Crippen LogP) is 24.0. The van der Waals surface area contributed by atoms with Crippen molar-refractivity contribution in [1.82, 2.24) is 0 Å². The van der Waals surface area contributed by atoms with Gasteiger partial charge in [-0.25, -0.2) is 0 Å². The van der Waals surface area contributed by atoms with Crippen LogP contribution in [0.2, 0.25) is 0 Å². The van der Waals surface area contributed by atoms with Crippen LogP contribution >= 0.6 is 0 Å². The fourth-order valence-corrected chi connectivity index (χ4v) is 9.89. The van der Waals surface area contributed by atoms with Gasteiger partial charge >= 0.3 is 17.9 Å². The molecular weight excluding hydrogens is 997 g/mol. The van der Waals surface area contributed by atoms with Crippen molar-refractivity contribution in [2.75, 3.05) is 13.2 Å². The molecule has 0 heterocycles. The molecule has 0 N–H and O–H groups in total. The van der Waals surface area contributed by atoms with Gasteiger partial charge in [-0.15, -0.1) is 0 Å². The molecule has 0 radical (unpaired) electrons. The van der Waals surface area contributed by atoms with E-state index in [2.05, 4.69) is 118 Å². The van der Waals surface area contributed by atoms with Gasteiger partial charge in [0.2, 0.25) is 0 Å². The Balaban J connectivity index is 4.00. The summed E-state index contributed by atoms with van der Waals surface area (Å²) >= 11 is 0. The summed E-state index contributed by atoms with van der Waals surface area (Å²) in [6.07, 6.45) is 93.4. The van der Waals surface area contributed by atoms with Gasteiger partial charge in [0.15, 0.2) is 6.10 Å². The quantitative estimate of drug-likeness (QED) is 0.0261. The van der Waals surface area contributed by atoms with Crippen molar-refractivity contribution < 1.29 is 28.6 Å². The average Bonchev–Trinajstić information content (AvgIpc) is 3.47. The second-order valence-corrected chi connectivity index (χ2v) is 23.1. The highest BCUT2D eigenvalue weighted by Gasteiger charge is 2.19. The Morgan fingerprint density at radius 2 is 0.481 bits per heavy atom. The van der Waals surface area contributed by atoms with Gasteiger partial charge in [0, 0.05) is 19.3 Å². The minimum atomic E-state index is -0.776. The molecule has 0 aliphatic carbocycles. The highest BCUT2D eigenvalue weighted by atomic mass is 16.6. The van der Waals surface area contributed by atoms with Crippen LogP contribution in [-0.2, 0) is 28.6 Å². The first-order chi connectivity index (χ1) is 40.0. The smallest absolute Gasteiger partial charge is 0.306 e. The van der Waals surface area contributed by atoms with Crippen molar-refractivity contribution in [2.24, 2.45) is 0 Å². The van der Waals surface area contributed by atoms with Crippen molar-refractivity contribution in [2.45, 2.75) is 348 Å².